The minimum Gasteiger partial charge on any atom is -0.211 e. The van der Waals surface area contributed by atoms with Crippen LogP contribution in [0, 0.1) is 0 Å². The highest BCUT2D eigenvalue weighted by atomic mass is 16.1. The lowest BCUT2D eigenvalue weighted by Crippen LogP contribution is -1.99. The summed E-state index contributed by atoms with van der Waals surface area (Å²) in [4.78, 5) is 14.4. The van der Waals surface area contributed by atoms with Crippen LogP contribution in [0.5, 0.6) is 0 Å². The second-order valence-electron chi connectivity index (χ2n) is 3.84. The van der Waals surface area contributed by atoms with Gasteiger partial charge in [0, 0.05) is 0 Å². The Balaban J connectivity index is 2.22. The molecule has 0 aliphatic carbocycles. The van der Waals surface area contributed by atoms with Crippen LogP contribution in [0.1, 0.15) is 17.2 Å². The van der Waals surface area contributed by atoms with Crippen molar-refractivity contribution in [3.8, 4) is 0 Å². The van der Waals surface area contributed by atoms with Crippen LogP contribution in [-0.2, 0) is 11.2 Å². The van der Waals surface area contributed by atoms with Gasteiger partial charge < -0.3 is 0 Å². The van der Waals surface area contributed by atoms with E-state index < -0.39 is 0 Å². The van der Waals surface area contributed by atoms with Gasteiger partial charge >= 0.3 is 0 Å². The molecule has 0 fully saturated rings. The van der Waals surface area contributed by atoms with Crippen LogP contribution in [0.4, 0.5) is 0 Å². The molecule has 2 aromatic rings. The first-order valence-electron chi connectivity index (χ1n) is 5.56. The van der Waals surface area contributed by atoms with Gasteiger partial charge in [-0.25, -0.2) is 4.79 Å². The number of hydrogen-bond donors (Lipinski definition) is 0. The van der Waals surface area contributed by atoms with Crippen molar-refractivity contribution < 1.29 is 4.79 Å². The molecule has 84 valence electrons. The zero-order valence-corrected chi connectivity index (χ0v) is 9.41. The molecule has 0 saturated heterocycles. The van der Waals surface area contributed by atoms with Gasteiger partial charge in [0.05, 0.1) is 6.04 Å². The predicted molar refractivity (Wildman–Crippen MR) is 67.5 cm³/mol. The SMILES string of the molecule is O=C=N[C@H](Cc1ccccc1)c1ccccc1. The second kappa shape index (κ2) is 5.78. The molecule has 0 saturated carbocycles. The second-order valence-corrected chi connectivity index (χ2v) is 3.84. The quantitative estimate of drug-likeness (QED) is 0.577. The number of hydrogen-bond acceptors (Lipinski definition) is 2. The van der Waals surface area contributed by atoms with Crippen molar-refractivity contribution in [3.05, 3.63) is 71.8 Å². The van der Waals surface area contributed by atoms with E-state index in [-0.39, 0.29) is 6.04 Å². The summed E-state index contributed by atoms with van der Waals surface area (Å²) in [5, 5.41) is 0. The van der Waals surface area contributed by atoms with Gasteiger partial charge in [-0.05, 0) is 17.5 Å². The summed E-state index contributed by atoms with van der Waals surface area (Å²) in [6, 6.07) is 19.7. The lowest BCUT2D eigenvalue weighted by Gasteiger charge is -2.10. The number of nitrogens with zero attached hydrogens (tertiary/aromatic N) is 1. The molecule has 2 aromatic carbocycles. The molecule has 0 spiro atoms. The van der Waals surface area contributed by atoms with E-state index in [0.29, 0.717) is 0 Å². The van der Waals surface area contributed by atoms with E-state index in [1.165, 1.54) is 5.56 Å². The van der Waals surface area contributed by atoms with Crippen LogP contribution < -0.4 is 0 Å². The van der Waals surface area contributed by atoms with Crippen LogP contribution in [0.2, 0.25) is 0 Å². The van der Waals surface area contributed by atoms with Gasteiger partial charge in [0.1, 0.15) is 0 Å². The molecule has 2 heteroatoms. The van der Waals surface area contributed by atoms with Gasteiger partial charge in [-0.3, -0.25) is 0 Å². The zero-order valence-electron chi connectivity index (χ0n) is 9.41. The lowest BCUT2D eigenvalue weighted by atomic mass is 10.00. The first-order valence-corrected chi connectivity index (χ1v) is 5.56. The van der Waals surface area contributed by atoms with Crippen LogP contribution in [0.25, 0.3) is 0 Å². The normalized spacial score (nSPS) is 11.5. The van der Waals surface area contributed by atoms with Crippen LogP contribution in [-0.4, -0.2) is 6.08 Å². The Morgan fingerprint density at radius 3 is 2.12 bits per heavy atom. The Kier molecular flexibility index (Phi) is 3.85. The lowest BCUT2D eigenvalue weighted by molar-refractivity contribution is 0.557. The van der Waals surface area contributed by atoms with E-state index >= 15 is 0 Å². The highest BCUT2D eigenvalue weighted by Crippen LogP contribution is 2.21. The van der Waals surface area contributed by atoms with Crippen molar-refractivity contribution in [2.45, 2.75) is 12.5 Å². The van der Waals surface area contributed by atoms with Crippen LogP contribution >= 0.6 is 0 Å². The third-order valence-electron chi connectivity index (χ3n) is 2.66. The van der Waals surface area contributed by atoms with E-state index in [1.807, 2.05) is 60.7 Å². The first kappa shape index (κ1) is 11.3. The molecule has 1 atom stereocenters. The van der Waals surface area contributed by atoms with E-state index in [1.54, 1.807) is 6.08 Å². The van der Waals surface area contributed by atoms with E-state index in [9.17, 15) is 4.79 Å². The molecule has 2 nitrogen and oxygen atoms in total. The molecular weight excluding hydrogens is 210 g/mol. The minimum atomic E-state index is -0.143. The standard InChI is InChI=1S/C15H13NO/c17-12-16-15(14-9-5-2-6-10-14)11-13-7-3-1-4-8-13/h1-10,15H,11H2/t15-/m1/s1. The Morgan fingerprint density at radius 2 is 1.53 bits per heavy atom. The largest absolute Gasteiger partial charge is 0.235 e. The number of rotatable bonds is 4. The van der Waals surface area contributed by atoms with Gasteiger partial charge in [-0.2, -0.15) is 4.99 Å². The summed E-state index contributed by atoms with van der Waals surface area (Å²) in [7, 11) is 0. The van der Waals surface area contributed by atoms with Crippen molar-refractivity contribution in [1.29, 1.82) is 0 Å². The zero-order chi connectivity index (χ0) is 11.9. The maximum Gasteiger partial charge on any atom is 0.235 e. The van der Waals surface area contributed by atoms with Gasteiger partial charge in [0.2, 0.25) is 6.08 Å². The Bertz CT molecular complexity index is 501. The summed E-state index contributed by atoms with van der Waals surface area (Å²) in [5.74, 6) is 0. The van der Waals surface area contributed by atoms with Gasteiger partial charge in [0.15, 0.2) is 0 Å². The molecule has 0 aliphatic rings. The smallest absolute Gasteiger partial charge is 0.211 e. The summed E-state index contributed by atoms with van der Waals surface area (Å²) in [6.07, 6.45) is 2.38. The minimum absolute atomic E-state index is 0.143. The fraction of sp³-hybridized carbons (Fsp3) is 0.133. The van der Waals surface area contributed by atoms with E-state index in [0.717, 1.165) is 12.0 Å². The number of isocyanates is 1. The summed E-state index contributed by atoms with van der Waals surface area (Å²) >= 11 is 0. The number of aliphatic imine (C=N–C) groups is 1. The average molecular weight is 223 g/mol. The third-order valence-corrected chi connectivity index (χ3v) is 2.66. The van der Waals surface area contributed by atoms with Gasteiger partial charge in [0.25, 0.3) is 0 Å². The number of carbonyl (C=O) groups excluding carboxylic acids is 1. The van der Waals surface area contributed by atoms with E-state index in [2.05, 4.69) is 4.99 Å². The predicted octanol–water partition coefficient (Wildman–Crippen LogP) is 3.31. The Morgan fingerprint density at radius 1 is 0.941 bits per heavy atom. The molecule has 0 bridgehead atoms. The molecule has 0 aliphatic heterocycles. The fourth-order valence-electron chi connectivity index (χ4n) is 1.81. The molecule has 2 rings (SSSR count). The molecule has 0 N–H and O–H groups in total. The van der Waals surface area contributed by atoms with Crippen molar-refractivity contribution >= 4 is 6.08 Å². The Hall–Kier alpha value is -2.18. The molecule has 0 unspecified atom stereocenters. The molecule has 0 amide bonds. The van der Waals surface area contributed by atoms with Crippen LogP contribution in [0.15, 0.2) is 65.7 Å². The maximum atomic E-state index is 10.5. The van der Waals surface area contributed by atoms with Gasteiger partial charge in [-0.15, -0.1) is 0 Å². The van der Waals surface area contributed by atoms with Crippen molar-refractivity contribution in [2.24, 2.45) is 4.99 Å². The monoisotopic (exact) mass is 223 g/mol. The number of benzene rings is 2. The fourth-order valence-corrected chi connectivity index (χ4v) is 1.81. The molecule has 0 radical (unpaired) electrons. The highest BCUT2D eigenvalue weighted by Gasteiger charge is 2.10. The van der Waals surface area contributed by atoms with Crippen molar-refractivity contribution in [1.82, 2.24) is 0 Å². The van der Waals surface area contributed by atoms with Crippen molar-refractivity contribution in [3.63, 3.8) is 0 Å². The molecule has 0 heterocycles. The van der Waals surface area contributed by atoms with E-state index in [4.69, 9.17) is 0 Å². The topological polar surface area (TPSA) is 29.4 Å². The summed E-state index contributed by atoms with van der Waals surface area (Å²) < 4.78 is 0. The molecule has 0 aromatic heterocycles. The van der Waals surface area contributed by atoms with Crippen LogP contribution in [0.3, 0.4) is 0 Å². The molecule has 17 heavy (non-hydrogen) atoms. The third kappa shape index (κ3) is 3.13. The average Bonchev–Trinajstić information content (AvgIpc) is 2.40. The van der Waals surface area contributed by atoms with Gasteiger partial charge in [-0.1, -0.05) is 60.7 Å². The summed E-state index contributed by atoms with van der Waals surface area (Å²) in [6.45, 7) is 0. The molecular formula is C15H13NO. The van der Waals surface area contributed by atoms with Crippen molar-refractivity contribution in [2.75, 3.05) is 0 Å². The maximum absolute atomic E-state index is 10.5. The first-order chi connectivity index (χ1) is 8.40. The Labute approximate surface area is 101 Å². The highest BCUT2D eigenvalue weighted by molar-refractivity contribution is 5.36. The summed E-state index contributed by atoms with van der Waals surface area (Å²) in [5.41, 5.74) is 2.21.